The number of hydrogen-bond donors (Lipinski definition) is 0. The van der Waals surface area contributed by atoms with Gasteiger partial charge in [-0.3, -0.25) is 0 Å². The first-order chi connectivity index (χ1) is 12.8. The van der Waals surface area contributed by atoms with E-state index in [1.54, 1.807) is 0 Å². The summed E-state index contributed by atoms with van der Waals surface area (Å²) in [7, 11) is 0. The fraction of sp³-hybridized carbons (Fsp3) is 0.0500. The lowest BCUT2D eigenvalue weighted by Crippen LogP contribution is -2.05. The molecule has 5 aromatic rings. The van der Waals surface area contributed by atoms with Crippen molar-refractivity contribution in [1.82, 2.24) is 9.97 Å². The third kappa shape index (κ3) is 2.43. The van der Waals surface area contributed by atoms with Gasteiger partial charge in [0.1, 0.15) is 23.3 Å². The topological polar surface area (TPSA) is 65.2 Å². The van der Waals surface area contributed by atoms with Crippen LogP contribution in [0, 0.1) is 0 Å². The lowest BCUT2D eigenvalue weighted by Gasteiger charge is -2.10. The Morgan fingerprint density at radius 2 is 1.96 bits per heavy atom. The second-order valence-electron chi connectivity index (χ2n) is 5.86. The van der Waals surface area contributed by atoms with Crippen molar-refractivity contribution in [2.24, 2.45) is 0 Å². The summed E-state index contributed by atoms with van der Waals surface area (Å²) in [5.74, 6) is 0.512. The second-order valence-corrected chi connectivity index (χ2v) is 6.75. The molecule has 26 heavy (non-hydrogen) atoms. The van der Waals surface area contributed by atoms with Crippen molar-refractivity contribution < 1.29 is 9.15 Å². The standard InChI is InChI=1S/C20H12N2O3S/c23-17-9-13(10-24-19-15-7-8-26-20(15)22-11-21-19)18-14-4-2-1-3-12(14)5-6-16(18)25-17/h1-9,11H,10H2. The summed E-state index contributed by atoms with van der Waals surface area (Å²) >= 11 is 1.53. The van der Waals surface area contributed by atoms with E-state index in [0.29, 0.717) is 11.5 Å². The number of aromatic nitrogens is 2. The zero-order chi connectivity index (χ0) is 17.5. The zero-order valence-electron chi connectivity index (χ0n) is 13.5. The van der Waals surface area contributed by atoms with E-state index in [9.17, 15) is 4.79 Å². The number of benzene rings is 2. The molecule has 126 valence electrons. The largest absolute Gasteiger partial charge is 0.472 e. The fourth-order valence-corrected chi connectivity index (χ4v) is 3.89. The molecule has 0 radical (unpaired) electrons. The molecule has 6 heteroatoms. The molecule has 2 aromatic carbocycles. The summed E-state index contributed by atoms with van der Waals surface area (Å²) in [6.45, 7) is 0.220. The molecular weight excluding hydrogens is 348 g/mol. The predicted octanol–water partition coefficient (Wildman–Crippen LogP) is 4.53. The van der Waals surface area contributed by atoms with E-state index >= 15 is 0 Å². The normalized spacial score (nSPS) is 11.4. The molecule has 0 unspecified atom stereocenters. The molecule has 0 saturated carbocycles. The summed E-state index contributed by atoms with van der Waals surface area (Å²) in [6.07, 6.45) is 1.49. The van der Waals surface area contributed by atoms with E-state index in [0.717, 1.165) is 31.9 Å². The van der Waals surface area contributed by atoms with Gasteiger partial charge in [-0.05, 0) is 28.3 Å². The molecule has 5 rings (SSSR count). The van der Waals surface area contributed by atoms with Crippen LogP contribution in [0.4, 0.5) is 0 Å². The summed E-state index contributed by atoms with van der Waals surface area (Å²) in [6, 6.07) is 15.2. The van der Waals surface area contributed by atoms with Crippen molar-refractivity contribution in [1.29, 1.82) is 0 Å². The quantitative estimate of drug-likeness (QED) is 0.349. The minimum absolute atomic E-state index is 0.220. The van der Waals surface area contributed by atoms with Crippen LogP contribution in [0.5, 0.6) is 5.88 Å². The molecule has 0 atom stereocenters. The van der Waals surface area contributed by atoms with Crippen molar-refractivity contribution in [3.8, 4) is 5.88 Å². The minimum atomic E-state index is -0.394. The molecule has 0 aliphatic rings. The first kappa shape index (κ1) is 15.0. The molecule has 5 nitrogen and oxygen atoms in total. The van der Waals surface area contributed by atoms with Crippen LogP contribution in [0.3, 0.4) is 0 Å². The number of thiophene rings is 1. The van der Waals surface area contributed by atoms with Gasteiger partial charge in [-0.2, -0.15) is 0 Å². The molecule has 0 saturated heterocycles. The van der Waals surface area contributed by atoms with Crippen LogP contribution in [0.1, 0.15) is 5.56 Å². The van der Waals surface area contributed by atoms with Gasteiger partial charge in [0, 0.05) is 17.0 Å². The number of ether oxygens (including phenoxy) is 1. The highest BCUT2D eigenvalue weighted by Crippen LogP contribution is 2.29. The van der Waals surface area contributed by atoms with Crippen molar-refractivity contribution in [3.63, 3.8) is 0 Å². The Kier molecular flexibility index (Phi) is 3.43. The van der Waals surface area contributed by atoms with Crippen molar-refractivity contribution in [3.05, 3.63) is 76.2 Å². The smallest absolute Gasteiger partial charge is 0.336 e. The summed E-state index contributed by atoms with van der Waals surface area (Å²) in [5.41, 5.74) is 0.933. The summed E-state index contributed by atoms with van der Waals surface area (Å²) in [4.78, 5) is 21.3. The maximum absolute atomic E-state index is 12.0. The molecule has 0 aliphatic heterocycles. The fourth-order valence-electron chi connectivity index (χ4n) is 3.16. The highest BCUT2D eigenvalue weighted by Gasteiger charge is 2.12. The van der Waals surface area contributed by atoms with Gasteiger partial charge in [-0.1, -0.05) is 30.3 Å². The summed E-state index contributed by atoms with van der Waals surface area (Å²) in [5, 5.41) is 5.81. The Balaban J connectivity index is 1.65. The molecule has 0 amide bonds. The Morgan fingerprint density at radius 3 is 2.92 bits per heavy atom. The lowest BCUT2D eigenvalue weighted by molar-refractivity contribution is 0.298. The van der Waals surface area contributed by atoms with Crippen molar-refractivity contribution >= 4 is 43.3 Å². The third-order valence-electron chi connectivity index (χ3n) is 4.30. The van der Waals surface area contributed by atoms with Crippen LogP contribution in [0.2, 0.25) is 0 Å². The van der Waals surface area contributed by atoms with Crippen molar-refractivity contribution in [2.75, 3.05) is 0 Å². The van der Waals surface area contributed by atoms with E-state index in [4.69, 9.17) is 9.15 Å². The molecular formula is C20H12N2O3S. The monoisotopic (exact) mass is 360 g/mol. The molecule has 0 spiro atoms. The van der Waals surface area contributed by atoms with Crippen LogP contribution >= 0.6 is 11.3 Å². The first-order valence-electron chi connectivity index (χ1n) is 8.05. The van der Waals surface area contributed by atoms with E-state index in [-0.39, 0.29) is 6.61 Å². The highest BCUT2D eigenvalue weighted by atomic mass is 32.1. The lowest BCUT2D eigenvalue weighted by atomic mass is 10.0. The van der Waals surface area contributed by atoms with Crippen LogP contribution in [0.25, 0.3) is 32.0 Å². The van der Waals surface area contributed by atoms with Gasteiger partial charge >= 0.3 is 5.63 Å². The van der Waals surface area contributed by atoms with E-state index < -0.39 is 5.63 Å². The molecule has 3 heterocycles. The SMILES string of the molecule is O=c1cc(COc2ncnc3sccc23)c2c(ccc3ccccc32)o1. The zero-order valence-corrected chi connectivity index (χ0v) is 14.3. The van der Waals surface area contributed by atoms with E-state index in [2.05, 4.69) is 9.97 Å². The number of fused-ring (bicyclic) bond motifs is 4. The van der Waals surface area contributed by atoms with Crippen LogP contribution in [-0.4, -0.2) is 9.97 Å². The third-order valence-corrected chi connectivity index (χ3v) is 5.12. The van der Waals surface area contributed by atoms with Gasteiger partial charge < -0.3 is 9.15 Å². The molecule has 0 N–H and O–H groups in total. The molecule has 0 fully saturated rings. The summed E-state index contributed by atoms with van der Waals surface area (Å²) < 4.78 is 11.3. The minimum Gasteiger partial charge on any atom is -0.472 e. The second kappa shape index (κ2) is 5.93. The Labute approximate surface area is 151 Å². The molecule has 0 aliphatic carbocycles. The van der Waals surface area contributed by atoms with Gasteiger partial charge in [0.25, 0.3) is 0 Å². The first-order valence-corrected chi connectivity index (χ1v) is 8.93. The number of nitrogens with zero attached hydrogens (tertiary/aromatic N) is 2. The van der Waals surface area contributed by atoms with E-state index in [1.807, 2.05) is 47.8 Å². The Hall–Kier alpha value is -3.25. The number of rotatable bonds is 3. The van der Waals surface area contributed by atoms with E-state index in [1.165, 1.54) is 23.7 Å². The Morgan fingerprint density at radius 1 is 1.04 bits per heavy atom. The molecule has 3 aromatic heterocycles. The average Bonchev–Trinajstić information content (AvgIpc) is 3.15. The predicted molar refractivity (Wildman–Crippen MR) is 102 cm³/mol. The Bertz CT molecular complexity index is 1320. The average molecular weight is 360 g/mol. The highest BCUT2D eigenvalue weighted by molar-refractivity contribution is 7.16. The van der Waals surface area contributed by atoms with Crippen LogP contribution in [-0.2, 0) is 6.61 Å². The maximum Gasteiger partial charge on any atom is 0.336 e. The maximum atomic E-state index is 12.0. The van der Waals surface area contributed by atoms with Gasteiger partial charge in [-0.15, -0.1) is 11.3 Å². The van der Waals surface area contributed by atoms with Crippen LogP contribution in [0.15, 0.2) is 69.5 Å². The number of hydrogen-bond acceptors (Lipinski definition) is 6. The van der Waals surface area contributed by atoms with Crippen LogP contribution < -0.4 is 10.4 Å². The van der Waals surface area contributed by atoms with Gasteiger partial charge in [-0.25, -0.2) is 14.8 Å². The molecule has 0 bridgehead atoms. The van der Waals surface area contributed by atoms with Gasteiger partial charge in [0.15, 0.2) is 0 Å². The van der Waals surface area contributed by atoms with Gasteiger partial charge in [0.05, 0.1) is 5.39 Å². The van der Waals surface area contributed by atoms with Gasteiger partial charge in [0.2, 0.25) is 5.88 Å². The van der Waals surface area contributed by atoms with Crippen molar-refractivity contribution in [2.45, 2.75) is 6.61 Å².